The Labute approximate surface area is 103 Å². The van der Waals surface area contributed by atoms with Crippen molar-refractivity contribution in [3.63, 3.8) is 0 Å². The topological polar surface area (TPSA) is 55.5 Å². The van der Waals surface area contributed by atoms with Gasteiger partial charge in [-0.2, -0.15) is 0 Å². The number of hydrogen-bond donors (Lipinski definition) is 2. The molecule has 1 aliphatic rings. The number of ether oxygens (including phenoxy) is 1. The Hall–Kier alpha value is -1.06. The van der Waals surface area contributed by atoms with E-state index in [4.69, 9.17) is 10.5 Å². The average Bonchev–Trinajstić information content (AvgIpc) is 2.29. The van der Waals surface area contributed by atoms with Gasteiger partial charge >= 0.3 is 0 Å². The van der Waals surface area contributed by atoms with E-state index in [-0.39, 0.29) is 6.04 Å². The molecular formula is C14H21NO2. The first-order valence-electron chi connectivity index (χ1n) is 6.35. The lowest BCUT2D eigenvalue weighted by atomic mass is 9.77. The van der Waals surface area contributed by atoms with Crippen molar-refractivity contribution in [1.82, 2.24) is 0 Å². The van der Waals surface area contributed by atoms with Crippen molar-refractivity contribution in [1.29, 1.82) is 0 Å². The lowest BCUT2D eigenvalue weighted by molar-refractivity contribution is -0.00735. The van der Waals surface area contributed by atoms with Crippen LogP contribution in [0.2, 0.25) is 0 Å². The molecule has 0 amide bonds. The predicted molar refractivity (Wildman–Crippen MR) is 68.0 cm³/mol. The fraction of sp³-hybridized carbons (Fsp3) is 0.571. The van der Waals surface area contributed by atoms with Gasteiger partial charge in [-0.1, -0.05) is 12.1 Å². The molecule has 0 heterocycles. The molecule has 1 fully saturated rings. The molecule has 94 valence electrons. The molecular weight excluding hydrogens is 214 g/mol. The normalized spacial score (nSPS) is 29.0. The second kappa shape index (κ2) is 5.07. The lowest BCUT2D eigenvalue weighted by Gasteiger charge is -2.36. The number of rotatable bonds is 3. The number of nitrogens with two attached hydrogens (primary N) is 1. The van der Waals surface area contributed by atoms with Gasteiger partial charge in [0.25, 0.3) is 0 Å². The van der Waals surface area contributed by atoms with Crippen LogP contribution in [0, 0.1) is 0 Å². The molecule has 3 nitrogen and oxygen atoms in total. The molecule has 1 saturated carbocycles. The highest BCUT2D eigenvalue weighted by atomic mass is 16.5. The third kappa shape index (κ3) is 2.79. The van der Waals surface area contributed by atoms with Crippen LogP contribution in [0.25, 0.3) is 0 Å². The molecule has 2 atom stereocenters. The third-order valence-electron chi connectivity index (χ3n) is 3.45. The number of hydrogen-bond acceptors (Lipinski definition) is 3. The molecule has 0 spiro atoms. The van der Waals surface area contributed by atoms with E-state index in [9.17, 15) is 5.11 Å². The SMILES string of the molecule is CCOc1cccc(C2(O)CCCC(N)C2)c1. The Balaban J connectivity index is 2.22. The van der Waals surface area contributed by atoms with Crippen molar-refractivity contribution in [2.75, 3.05) is 6.61 Å². The van der Waals surface area contributed by atoms with E-state index >= 15 is 0 Å². The Morgan fingerprint density at radius 1 is 1.53 bits per heavy atom. The van der Waals surface area contributed by atoms with E-state index in [1.165, 1.54) is 0 Å². The molecule has 0 bridgehead atoms. The highest BCUT2D eigenvalue weighted by molar-refractivity contribution is 5.32. The Morgan fingerprint density at radius 2 is 2.35 bits per heavy atom. The molecule has 0 radical (unpaired) electrons. The van der Waals surface area contributed by atoms with Crippen molar-refractivity contribution in [3.8, 4) is 5.75 Å². The van der Waals surface area contributed by atoms with Crippen LogP contribution in [0.5, 0.6) is 5.75 Å². The third-order valence-corrected chi connectivity index (χ3v) is 3.45. The molecule has 1 aromatic rings. The first-order chi connectivity index (χ1) is 8.14. The monoisotopic (exact) mass is 235 g/mol. The molecule has 0 saturated heterocycles. The van der Waals surface area contributed by atoms with Crippen molar-refractivity contribution >= 4 is 0 Å². The molecule has 0 aromatic heterocycles. The van der Waals surface area contributed by atoms with Gasteiger partial charge in [0.2, 0.25) is 0 Å². The van der Waals surface area contributed by atoms with Crippen LogP contribution in [0.4, 0.5) is 0 Å². The Bertz CT molecular complexity index is 380. The zero-order chi connectivity index (χ0) is 12.3. The van der Waals surface area contributed by atoms with Gasteiger partial charge in [0.15, 0.2) is 0 Å². The summed E-state index contributed by atoms with van der Waals surface area (Å²) < 4.78 is 5.47. The maximum atomic E-state index is 10.7. The molecule has 1 aromatic carbocycles. The Morgan fingerprint density at radius 3 is 3.06 bits per heavy atom. The minimum Gasteiger partial charge on any atom is -0.494 e. The quantitative estimate of drug-likeness (QED) is 0.844. The molecule has 2 rings (SSSR count). The Kier molecular flexibility index (Phi) is 3.69. The summed E-state index contributed by atoms with van der Waals surface area (Å²) in [6, 6.07) is 7.84. The van der Waals surface area contributed by atoms with Crippen molar-refractivity contribution in [2.45, 2.75) is 44.2 Å². The van der Waals surface area contributed by atoms with Crippen molar-refractivity contribution in [3.05, 3.63) is 29.8 Å². The highest BCUT2D eigenvalue weighted by Crippen LogP contribution is 2.37. The molecule has 3 heteroatoms. The van der Waals surface area contributed by atoms with Crippen LogP contribution in [0.1, 0.15) is 38.2 Å². The summed E-state index contributed by atoms with van der Waals surface area (Å²) in [4.78, 5) is 0. The van der Waals surface area contributed by atoms with Crippen LogP contribution >= 0.6 is 0 Å². The second-order valence-corrected chi connectivity index (χ2v) is 4.85. The molecule has 0 aliphatic heterocycles. The lowest BCUT2D eigenvalue weighted by Crippen LogP contribution is -2.39. The summed E-state index contributed by atoms with van der Waals surface area (Å²) in [7, 11) is 0. The maximum Gasteiger partial charge on any atom is 0.119 e. The van der Waals surface area contributed by atoms with Crippen LogP contribution < -0.4 is 10.5 Å². The van der Waals surface area contributed by atoms with E-state index in [0.717, 1.165) is 30.6 Å². The van der Waals surface area contributed by atoms with Gasteiger partial charge in [-0.25, -0.2) is 0 Å². The van der Waals surface area contributed by atoms with Gasteiger partial charge in [0.05, 0.1) is 12.2 Å². The van der Waals surface area contributed by atoms with Crippen LogP contribution in [0.3, 0.4) is 0 Å². The van der Waals surface area contributed by atoms with Crippen LogP contribution in [-0.2, 0) is 5.60 Å². The standard InChI is InChI=1S/C14H21NO2/c1-2-17-13-7-3-5-11(9-13)14(16)8-4-6-12(15)10-14/h3,5,7,9,12,16H,2,4,6,8,10,15H2,1H3. The summed E-state index contributed by atoms with van der Waals surface area (Å²) >= 11 is 0. The first-order valence-corrected chi connectivity index (χ1v) is 6.35. The molecule has 3 N–H and O–H groups in total. The number of aliphatic hydroxyl groups is 1. The fourth-order valence-electron chi connectivity index (χ4n) is 2.60. The summed E-state index contributed by atoms with van der Waals surface area (Å²) in [5.74, 6) is 0.817. The highest BCUT2D eigenvalue weighted by Gasteiger charge is 2.34. The van der Waals surface area contributed by atoms with Crippen LogP contribution in [0.15, 0.2) is 24.3 Å². The van der Waals surface area contributed by atoms with Gasteiger partial charge in [-0.05, 0) is 50.3 Å². The summed E-state index contributed by atoms with van der Waals surface area (Å²) in [6.45, 7) is 2.60. The van der Waals surface area contributed by atoms with E-state index < -0.39 is 5.60 Å². The summed E-state index contributed by atoms with van der Waals surface area (Å²) in [5.41, 5.74) is 6.11. The van der Waals surface area contributed by atoms with E-state index in [1.54, 1.807) is 0 Å². The first kappa shape index (κ1) is 12.4. The van der Waals surface area contributed by atoms with E-state index in [1.807, 2.05) is 31.2 Å². The van der Waals surface area contributed by atoms with Gasteiger partial charge in [0, 0.05) is 6.04 Å². The zero-order valence-corrected chi connectivity index (χ0v) is 10.4. The van der Waals surface area contributed by atoms with Gasteiger partial charge in [-0.3, -0.25) is 0 Å². The summed E-state index contributed by atoms with van der Waals surface area (Å²) in [6.07, 6.45) is 3.42. The fourth-order valence-corrected chi connectivity index (χ4v) is 2.60. The van der Waals surface area contributed by atoms with E-state index in [0.29, 0.717) is 13.0 Å². The van der Waals surface area contributed by atoms with Gasteiger partial charge < -0.3 is 15.6 Å². The van der Waals surface area contributed by atoms with E-state index in [2.05, 4.69) is 0 Å². The smallest absolute Gasteiger partial charge is 0.119 e. The minimum atomic E-state index is -0.773. The molecule has 1 aliphatic carbocycles. The predicted octanol–water partition coefficient (Wildman–Crippen LogP) is 2.17. The van der Waals surface area contributed by atoms with Crippen molar-refractivity contribution < 1.29 is 9.84 Å². The molecule has 2 unspecified atom stereocenters. The number of benzene rings is 1. The molecule has 17 heavy (non-hydrogen) atoms. The van der Waals surface area contributed by atoms with Crippen molar-refractivity contribution in [2.24, 2.45) is 5.73 Å². The zero-order valence-electron chi connectivity index (χ0n) is 10.4. The second-order valence-electron chi connectivity index (χ2n) is 4.85. The van der Waals surface area contributed by atoms with Crippen LogP contribution in [-0.4, -0.2) is 17.8 Å². The maximum absolute atomic E-state index is 10.7. The average molecular weight is 235 g/mol. The minimum absolute atomic E-state index is 0.101. The summed E-state index contributed by atoms with van der Waals surface area (Å²) in [5, 5.41) is 10.7. The largest absolute Gasteiger partial charge is 0.494 e. The van der Waals surface area contributed by atoms with Gasteiger partial charge in [0.1, 0.15) is 5.75 Å². The van der Waals surface area contributed by atoms with Gasteiger partial charge in [-0.15, -0.1) is 0 Å².